The molecule has 0 fully saturated rings. The minimum atomic E-state index is -4.69. The summed E-state index contributed by atoms with van der Waals surface area (Å²) in [5.41, 5.74) is -0.167. The second kappa shape index (κ2) is 14.7. The molecule has 0 amide bonds. The Morgan fingerprint density at radius 2 is 1.89 bits per heavy atom. The second-order valence-electron chi connectivity index (χ2n) is 10.3. The Labute approximate surface area is 265 Å². The van der Waals surface area contributed by atoms with Gasteiger partial charge in [0.05, 0.1) is 61.7 Å². The number of carbonyl (C=O) groups excluding carboxylic acids is 1. The van der Waals surface area contributed by atoms with E-state index in [0.29, 0.717) is 17.8 Å². The van der Waals surface area contributed by atoms with Crippen LogP contribution in [0.5, 0.6) is 5.75 Å². The lowest BCUT2D eigenvalue weighted by Crippen LogP contribution is -2.34. The number of aliphatic hydroxyl groups excluding tert-OH is 1. The number of aromatic amines is 1. The first-order chi connectivity index (χ1) is 22.6. The van der Waals surface area contributed by atoms with Gasteiger partial charge in [0, 0.05) is 17.3 Å². The van der Waals surface area contributed by atoms with Crippen molar-refractivity contribution in [2.75, 3.05) is 33.0 Å². The third kappa shape index (κ3) is 7.74. The van der Waals surface area contributed by atoms with Crippen LogP contribution in [0.15, 0.2) is 59.8 Å². The lowest BCUT2D eigenvalue weighted by molar-refractivity contribution is -0.152. The van der Waals surface area contributed by atoms with E-state index in [1.807, 2.05) is 6.92 Å². The minimum absolute atomic E-state index is 0.00488. The summed E-state index contributed by atoms with van der Waals surface area (Å²) >= 11 is 0. The molecule has 1 aliphatic heterocycles. The van der Waals surface area contributed by atoms with E-state index < -0.39 is 35.4 Å². The summed E-state index contributed by atoms with van der Waals surface area (Å²) in [6.45, 7) is 1.74. The summed E-state index contributed by atoms with van der Waals surface area (Å²) in [6, 6.07) is 8.91. The molecule has 3 heterocycles. The number of ether oxygens (including phenoxy) is 3. The number of carbonyl (C=O) groups is 1. The molecule has 0 radical (unpaired) electrons. The van der Waals surface area contributed by atoms with Gasteiger partial charge in [0.15, 0.2) is 17.7 Å². The molecule has 10 nitrogen and oxygen atoms in total. The highest BCUT2D eigenvalue weighted by atomic mass is 19.4. The topological polar surface area (TPSA) is 122 Å². The largest absolute Gasteiger partial charge is 0.494 e. The number of aromatic nitrogens is 3. The zero-order chi connectivity index (χ0) is 33.6. The number of esters is 1. The maximum atomic E-state index is 14.5. The van der Waals surface area contributed by atoms with Crippen molar-refractivity contribution >= 4 is 12.2 Å². The Kier molecular flexibility index (Phi) is 10.5. The molecule has 1 atom stereocenters. The number of benzene rings is 2. The molecule has 0 saturated heterocycles. The zero-order valence-corrected chi connectivity index (χ0v) is 25.1. The van der Waals surface area contributed by atoms with E-state index in [2.05, 4.69) is 20.1 Å². The molecule has 0 bridgehead atoms. The molecule has 15 heteroatoms. The van der Waals surface area contributed by atoms with Gasteiger partial charge in [0.2, 0.25) is 0 Å². The van der Waals surface area contributed by atoms with Crippen molar-refractivity contribution in [2.24, 2.45) is 5.10 Å². The van der Waals surface area contributed by atoms with Crippen LogP contribution in [-0.2, 0) is 27.0 Å². The number of alkyl halides is 3. The van der Waals surface area contributed by atoms with Gasteiger partial charge in [0.1, 0.15) is 23.9 Å². The smallest absolute Gasteiger partial charge is 0.417 e. The number of nitrogens with zero attached hydrogens (tertiary/aromatic N) is 4. The molecule has 2 aromatic heterocycles. The Morgan fingerprint density at radius 3 is 2.62 bits per heavy atom. The number of hydrazone groups is 1. The van der Waals surface area contributed by atoms with Gasteiger partial charge >= 0.3 is 12.1 Å². The van der Waals surface area contributed by atoms with E-state index in [1.54, 1.807) is 0 Å². The Morgan fingerprint density at radius 1 is 1.06 bits per heavy atom. The van der Waals surface area contributed by atoms with E-state index in [1.165, 1.54) is 53.8 Å². The molecule has 0 saturated carbocycles. The Hall–Kier alpha value is -4.89. The van der Waals surface area contributed by atoms with Gasteiger partial charge in [-0.2, -0.15) is 18.3 Å². The van der Waals surface area contributed by atoms with Crippen LogP contribution in [0.3, 0.4) is 0 Å². The van der Waals surface area contributed by atoms with Crippen molar-refractivity contribution in [3.05, 3.63) is 88.9 Å². The SMILES string of the molecule is CCCOc1ccc(-c2ccc(C(C(=O)OCCOCCO)N3Cc4[nH]c(-c5cccc(F)c5F)nc4C=N3)cn2)c(C(F)(F)F)c1. The molecule has 248 valence electrons. The van der Waals surface area contributed by atoms with Gasteiger partial charge in [-0.3, -0.25) is 9.99 Å². The number of pyridine rings is 1. The highest BCUT2D eigenvalue weighted by molar-refractivity contribution is 5.82. The van der Waals surface area contributed by atoms with E-state index in [0.717, 1.165) is 12.1 Å². The Balaban J connectivity index is 1.44. The predicted octanol–water partition coefficient (Wildman–Crippen LogP) is 5.67. The van der Waals surface area contributed by atoms with Crippen LogP contribution in [0.4, 0.5) is 22.0 Å². The normalized spacial score (nSPS) is 13.4. The number of fused-ring (bicyclic) bond motifs is 1. The first-order valence-electron chi connectivity index (χ1n) is 14.6. The predicted molar refractivity (Wildman–Crippen MR) is 159 cm³/mol. The summed E-state index contributed by atoms with van der Waals surface area (Å²) in [5.74, 6) is -2.76. The van der Waals surface area contributed by atoms with Crippen LogP contribution in [-0.4, -0.2) is 70.3 Å². The van der Waals surface area contributed by atoms with Gasteiger partial charge in [-0.1, -0.05) is 19.1 Å². The highest BCUT2D eigenvalue weighted by Gasteiger charge is 2.36. The van der Waals surface area contributed by atoms with Crippen molar-refractivity contribution in [3.8, 4) is 28.4 Å². The van der Waals surface area contributed by atoms with E-state index in [9.17, 15) is 26.7 Å². The third-order valence-corrected chi connectivity index (χ3v) is 7.04. The molecule has 5 rings (SSSR count). The summed E-state index contributed by atoms with van der Waals surface area (Å²) < 4.78 is 86.3. The first kappa shape index (κ1) is 33.5. The molecular weight excluding hydrogens is 629 g/mol. The van der Waals surface area contributed by atoms with Crippen molar-refractivity contribution in [1.29, 1.82) is 0 Å². The average Bonchev–Trinajstić information content (AvgIpc) is 3.48. The van der Waals surface area contributed by atoms with Crippen LogP contribution in [0.1, 0.15) is 41.9 Å². The molecule has 47 heavy (non-hydrogen) atoms. The molecule has 4 aromatic rings. The number of imidazole rings is 1. The summed E-state index contributed by atoms with van der Waals surface area (Å²) in [6.07, 6.45) is -1.47. The van der Waals surface area contributed by atoms with Crippen molar-refractivity contribution < 1.29 is 46.1 Å². The van der Waals surface area contributed by atoms with Crippen LogP contribution >= 0.6 is 0 Å². The van der Waals surface area contributed by atoms with Gasteiger partial charge in [0.25, 0.3) is 0 Å². The van der Waals surface area contributed by atoms with Crippen LogP contribution in [0.25, 0.3) is 22.6 Å². The number of H-pyrrole nitrogens is 1. The van der Waals surface area contributed by atoms with E-state index in [-0.39, 0.29) is 73.5 Å². The lowest BCUT2D eigenvalue weighted by Gasteiger charge is -2.29. The van der Waals surface area contributed by atoms with Gasteiger partial charge in [-0.05, 0) is 42.8 Å². The van der Waals surface area contributed by atoms with E-state index >= 15 is 0 Å². The highest BCUT2D eigenvalue weighted by Crippen LogP contribution is 2.39. The van der Waals surface area contributed by atoms with E-state index in [4.69, 9.17) is 19.3 Å². The fourth-order valence-corrected chi connectivity index (χ4v) is 4.85. The average molecular weight is 660 g/mol. The fraction of sp³-hybridized carbons (Fsp3) is 0.312. The molecular formula is C32H30F5N5O5. The molecule has 1 aliphatic rings. The van der Waals surface area contributed by atoms with Crippen molar-refractivity contribution in [2.45, 2.75) is 32.1 Å². The fourth-order valence-electron chi connectivity index (χ4n) is 4.85. The number of rotatable bonds is 13. The molecule has 0 aliphatic carbocycles. The minimum Gasteiger partial charge on any atom is -0.494 e. The quantitative estimate of drug-likeness (QED) is 0.107. The zero-order valence-electron chi connectivity index (χ0n) is 25.1. The van der Waals surface area contributed by atoms with Crippen LogP contribution in [0.2, 0.25) is 0 Å². The second-order valence-corrected chi connectivity index (χ2v) is 10.3. The van der Waals surface area contributed by atoms with Crippen molar-refractivity contribution in [1.82, 2.24) is 20.0 Å². The maximum Gasteiger partial charge on any atom is 0.417 e. The first-order valence-corrected chi connectivity index (χ1v) is 14.6. The number of aliphatic hydroxyl groups is 1. The number of nitrogens with one attached hydrogen (secondary N) is 1. The monoisotopic (exact) mass is 659 g/mol. The Bertz CT molecular complexity index is 1730. The standard InChI is InChI=1S/C32H30F5N5O5/c1-2-11-46-20-7-8-21(23(15-20)32(35,36)37)25-9-6-19(16-38-25)29(31(44)47-14-13-45-12-10-43)42-18-27-26(17-39-42)40-30(41-27)22-4-3-5-24(33)28(22)34/h3-9,15-17,29,43H,2,10-14,18H2,1H3,(H,40,41). The molecule has 0 spiro atoms. The van der Waals surface area contributed by atoms with Gasteiger partial charge in [-0.15, -0.1) is 0 Å². The van der Waals surface area contributed by atoms with Crippen LogP contribution in [0, 0.1) is 11.6 Å². The lowest BCUT2D eigenvalue weighted by atomic mass is 10.0. The summed E-state index contributed by atoms with van der Waals surface area (Å²) in [4.78, 5) is 24.9. The van der Waals surface area contributed by atoms with Crippen LogP contribution < -0.4 is 4.74 Å². The van der Waals surface area contributed by atoms with Gasteiger partial charge in [-0.25, -0.2) is 18.6 Å². The number of hydrogen-bond donors (Lipinski definition) is 2. The molecule has 2 aromatic carbocycles. The third-order valence-electron chi connectivity index (χ3n) is 7.04. The van der Waals surface area contributed by atoms with Gasteiger partial charge < -0.3 is 24.3 Å². The molecule has 2 N–H and O–H groups in total. The summed E-state index contributed by atoms with van der Waals surface area (Å²) in [7, 11) is 0. The molecule has 1 unspecified atom stereocenters. The summed E-state index contributed by atoms with van der Waals surface area (Å²) in [5, 5.41) is 14.6. The van der Waals surface area contributed by atoms with Crippen molar-refractivity contribution in [3.63, 3.8) is 0 Å². The number of halogens is 5. The maximum absolute atomic E-state index is 14.5. The number of hydrogen-bond acceptors (Lipinski definition) is 9.